The maximum atomic E-state index is 11.6. The molecule has 1 aromatic rings. The quantitative estimate of drug-likeness (QED) is 0.877. The largest absolute Gasteiger partial charge is 0.369 e. The molecule has 0 aromatic carbocycles. The zero-order chi connectivity index (χ0) is 14.2. The second-order valence-electron chi connectivity index (χ2n) is 5.59. The van der Waals surface area contributed by atoms with Crippen LogP contribution < -0.4 is 11.5 Å². The molecule has 3 unspecified atom stereocenters. The van der Waals surface area contributed by atoms with Crippen LogP contribution in [0.2, 0.25) is 0 Å². The molecule has 0 spiro atoms. The van der Waals surface area contributed by atoms with E-state index < -0.39 is 5.41 Å². The summed E-state index contributed by atoms with van der Waals surface area (Å²) >= 11 is 5.19. The first-order valence-electron chi connectivity index (χ1n) is 6.38. The van der Waals surface area contributed by atoms with Crippen molar-refractivity contribution < 1.29 is 4.79 Å². The molecule has 1 aromatic heterocycles. The van der Waals surface area contributed by atoms with Gasteiger partial charge in [-0.1, -0.05) is 0 Å². The number of hydrogen-bond acceptors (Lipinski definition) is 4. The van der Waals surface area contributed by atoms with Crippen LogP contribution >= 0.6 is 27.3 Å². The normalized spacial score (nSPS) is 27.4. The maximum absolute atomic E-state index is 11.6. The molecule has 3 atom stereocenters. The zero-order valence-electron chi connectivity index (χ0n) is 11.2. The summed E-state index contributed by atoms with van der Waals surface area (Å²) < 4.78 is 1.10. The number of halogens is 1. The molecule has 1 aliphatic rings. The number of hydrogen-bond donors (Lipinski definition) is 2. The van der Waals surface area contributed by atoms with E-state index in [-0.39, 0.29) is 18.0 Å². The number of nitrogens with two attached hydrogens (primary N) is 2. The third kappa shape index (κ3) is 3.02. The summed E-state index contributed by atoms with van der Waals surface area (Å²) in [5, 5.41) is 0. The van der Waals surface area contributed by atoms with Crippen molar-refractivity contribution in [1.29, 1.82) is 0 Å². The monoisotopic (exact) mass is 345 g/mol. The summed E-state index contributed by atoms with van der Waals surface area (Å²) in [6, 6.07) is 4.31. The Bertz CT molecular complexity index is 476. The van der Waals surface area contributed by atoms with Gasteiger partial charge in [0, 0.05) is 17.5 Å². The fourth-order valence-corrected chi connectivity index (χ4v) is 4.37. The Morgan fingerprint density at radius 1 is 1.58 bits per heavy atom. The third-order valence-corrected chi connectivity index (χ3v) is 5.57. The van der Waals surface area contributed by atoms with Gasteiger partial charge in [-0.2, -0.15) is 0 Å². The number of carbonyl (C=O) groups is 1. The number of primary amides is 1. The van der Waals surface area contributed by atoms with Gasteiger partial charge in [0.25, 0.3) is 0 Å². The third-order valence-electron chi connectivity index (χ3n) is 3.87. The van der Waals surface area contributed by atoms with Crippen molar-refractivity contribution in [3.05, 3.63) is 20.8 Å². The molecule has 1 aliphatic heterocycles. The second-order valence-corrected chi connectivity index (χ2v) is 8.09. The standard InChI is InChI=1S/C13H20BrN3OS/c1-8(15)11(9-3-4-10(14)19-9)17-6-5-13(2,7-17)12(16)18/h3-4,8,11H,5-7,15H2,1-2H3,(H2,16,18). The topological polar surface area (TPSA) is 72.3 Å². The van der Waals surface area contributed by atoms with Crippen molar-refractivity contribution in [1.82, 2.24) is 4.90 Å². The predicted molar refractivity (Wildman–Crippen MR) is 81.9 cm³/mol. The molecule has 6 heteroatoms. The van der Waals surface area contributed by atoms with Crippen molar-refractivity contribution in [2.75, 3.05) is 13.1 Å². The number of rotatable bonds is 4. The lowest BCUT2D eigenvalue weighted by Crippen LogP contribution is -2.41. The van der Waals surface area contributed by atoms with Gasteiger partial charge in [-0.25, -0.2) is 0 Å². The molecule has 2 rings (SSSR count). The minimum Gasteiger partial charge on any atom is -0.369 e. The van der Waals surface area contributed by atoms with Gasteiger partial charge in [-0.3, -0.25) is 9.69 Å². The molecule has 4 nitrogen and oxygen atoms in total. The van der Waals surface area contributed by atoms with Crippen LogP contribution in [0.1, 0.15) is 31.2 Å². The molecule has 1 fully saturated rings. The van der Waals surface area contributed by atoms with E-state index >= 15 is 0 Å². The summed E-state index contributed by atoms with van der Waals surface area (Å²) in [7, 11) is 0. The van der Waals surface area contributed by atoms with Gasteiger partial charge in [-0.15, -0.1) is 11.3 Å². The summed E-state index contributed by atoms with van der Waals surface area (Å²) in [6.07, 6.45) is 0.804. The summed E-state index contributed by atoms with van der Waals surface area (Å²) in [5.41, 5.74) is 11.2. The van der Waals surface area contributed by atoms with Crippen molar-refractivity contribution in [2.24, 2.45) is 16.9 Å². The first-order valence-corrected chi connectivity index (χ1v) is 7.99. The Morgan fingerprint density at radius 3 is 2.68 bits per heavy atom. The fourth-order valence-electron chi connectivity index (χ4n) is 2.69. The average molecular weight is 346 g/mol. The Kier molecular flexibility index (Phi) is 4.35. The number of amides is 1. The lowest BCUT2D eigenvalue weighted by Gasteiger charge is -2.31. The smallest absolute Gasteiger partial charge is 0.224 e. The molecule has 0 saturated carbocycles. The van der Waals surface area contributed by atoms with Crippen molar-refractivity contribution in [3.63, 3.8) is 0 Å². The molecule has 19 heavy (non-hydrogen) atoms. The Hall–Kier alpha value is -0.430. The van der Waals surface area contributed by atoms with E-state index in [2.05, 4.69) is 26.9 Å². The summed E-state index contributed by atoms with van der Waals surface area (Å²) in [6.45, 7) is 5.50. The molecule has 0 bridgehead atoms. The molecule has 1 saturated heterocycles. The molecule has 2 heterocycles. The van der Waals surface area contributed by atoms with Crippen LogP contribution in [0.5, 0.6) is 0 Å². The van der Waals surface area contributed by atoms with E-state index in [9.17, 15) is 4.79 Å². The van der Waals surface area contributed by atoms with Gasteiger partial charge >= 0.3 is 0 Å². The Balaban J connectivity index is 2.21. The van der Waals surface area contributed by atoms with E-state index in [0.29, 0.717) is 6.54 Å². The summed E-state index contributed by atoms with van der Waals surface area (Å²) in [5.74, 6) is -0.217. The van der Waals surface area contributed by atoms with Crippen LogP contribution in [0.25, 0.3) is 0 Å². The van der Waals surface area contributed by atoms with Gasteiger partial charge in [0.2, 0.25) is 5.91 Å². The lowest BCUT2D eigenvalue weighted by molar-refractivity contribution is -0.126. The maximum Gasteiger partial charge on any atom is 0.224 e. The van der Waals surface area contributed by atoms with E-state index in [1.54, 1.807) is 11.3 Å². The number of likely N-dealkylation sites (tertiary alicyclic amines) is 1. The molecule has 0 radical (unpaired) electrons. The Labute approximate surface area is 126 Å². The number of nitrogens with zero attached hydrogens (tertiary/aromatic N) is 1. The molecular weight excluding hydrogens is 326 g/mol. The highest BCUT2D eigenvalue weighted by molar-refractivity contribution is 9.11. The van der Waals surface area contributed by atoms with Crippen LogP contribution in [0, 0.1) is 5.41 Å². The zero-order valence-corrected chi connectivity index (χ0v) is 13.6. The highest BCUT2D eigenvalue weighted by Gasteiger charge is 2.42. The Morgan fingerprint density at radius 2 is 2.26 bits per heavy atom. The van der Waals surface area contributed by atoms with E-state index in [4.69, 9.17) is 11.5 Å². The van der Waals surface area contributed by atoms with Crippen molar-refractivity contribution >= 4 is 33.2 Å². The van der Waals surface area contributed by atoms with E-state index in [0.717, 1.165) is 16.8 Å². The van der Waals surface area contributed by atoms with Gasteiger partial charge < -0.3 is 11.5 Å². The SMILES string of the molecule is CC(N)C(c1ccc(Br)s1)N1CCC(C)(C(N)=O)C1. The lowest BCUT2D eigenvalue weighted by atomic mass is 9.89. The first-order chi connectivity index (χ1) is 8.83. The molecular formula is C13H20BrN3OS. The minimum atomic E-state index is -0.429. The van der Waals surface area contributed by atoms with Crippen LogP contribution in [0.3, 0.4) is 0 Å². The van der Waals surface area contributed by atoms with Crippen LogP contribution in [-0.2, 0) is 4.79 Å². The molecule has 0 aliphatic carbocycles. The summed E-state index contributed by atoms with van der Waals surface area (Å²) in [4.78, 5) is 15.1. The predicted octanol–water partition coefficient (Wildman–Crippen LogP) is 2.10. The number of thiophene rings is 1. The fraction of sp³-hybridized carbons (Fsp3) is 0.615. The molecule has 106 valence electrons. The second kappa shape index (κ2) is 5.52. The van der Waals surface area contributed by atoms with E-state index in [1.807, 2.05) is 19.9 Å². The van der Waals surface area contributed by atoms with Crippen LogP contribution in [0.15, 0.2) is 15.9 Å². The molecule has 4 N–H and O–H groups in total. The average Bonchev–Trinajstić information content (AvgIpc) is 2.87. The van der Waals surface area contributed by atoms with E-state index in [1.165, 1.54) is 4.88 Å². The number of carbonyl (C=O) groups excluding carboxylic acids is 1. The van der Waals surface area contributed by atoms with Gasteiger partial charge in [0.15, 0.2) is 0 Å². The minimum absolute atomic E-state index is 0.0146. The van der Waals surface area contributed by atoms with Gasteiger partial charge in [0.1, 0.15) is 0 Å². The van der Waals surface area contributed by atoms with Gasteiger partial charge in [-0.05, 0) is 54.9 Å². The highest BCUT2D eigenvalue weighted by atomic mass is 79.9. The van der Waals surface area contributed by atoms with Crippen LogP contribution in [-0.4, -0.2) is 29.9 Å². The van der Waals surface area contributed by atoms with Gasteiger partial charge in [0.05, 0.1) is 15.2 Å². The molecule has 1 amide bonds. The van der Waals surface area contributed by atoms with Crippen molar-refractivity contribution in [3.8, 4) is 0 Å². The first kappa shape index (κ1) is 15.0. The highest BCUT2D eigenvalue weighted by Crippen LogP contribution is 2.39. The van der Waals surface area contributed by atoms with Crippen molar-refractivity contribution in [2.45, 2.75) is 32.4 Å². The van der Waals surface area contributed by atoms with Crippen LogP contribution in [0.4, 0.5) is 0 Å².